The number of ether oxygens (including phenoxy) is 1. The number of aryl methyl sites for hydroxylation is 1. The Labute approximate surface area is 328 Å². The molecule has 1 unspecified atom stereocenters. The molecule has 1 atom stereocenters. The maximum absolute atomic E-state index is 14.2. The van der Waals surface area contributed by atoms with Crippen LogP contribution < -0.4 is 16.0 Å². The largest absolute Gasteiger partial charge is 0.462 e. The average molecular weight is 773 g/mol. The molecule has 5 aromatic rings. The molecule has 0 spiro atoms. The van der Waals surface area contributed by atoms with Gasteiger partial charge in [0.25, 0.3) is 11.8 Å². The molecule has 0 radical (unpaired) electrons. The molecule has 0 fully saturated rings. The Hall–Kier alpha value is -5.98. The number of rotatable bonds is 12. The van der Waals surface area contributed by atoms with Gasteiger partial charge in [-0.15, -0.1) is 23.1 Å². The second-order valence-corrected chi connectivity index (χ2v) is 15.0. The molecule has 4 amide bonds. The second-order valence-electron chi connectivity index (χ2n) is 12.7. The SMILES string of the molecule is CCOC(=O)c1c(NC(=O)C(Sc2cccc(NC(=O)/C(=C/c3ccccc3C)NC(=O)c3ccccc3)c2)c2ccccc2)sc2c1CCN(C(C)=O)C2. The van der Waals surface area contributed by atoms with Gasteiger partial charge >= 0.3 is 5.97 Å². The van der Waals surface area contributed by atoms with E-state index < -0.39 is 23.0 Å². The normalized spacial score (nSPS) is 12.9. The van der Waals surface area contributed by atoms with Crippen molar-refractivity contribution < 1.29 is 28.7 Å². The smallest absolute Gasteiger partial charge is 0.341 e. The van der Waals surface area contributed by atoms with Gasteiger partial charge in [-0.2, -0.15) is 0 Å². The zero-order valence-electron chi connectivity index (χ0n) is 30.6. The van der Waals surface area contributed by atoms with Crippen molar-refractivity contribution in [3.05, 3.63) is 153 Å². The number of hydrogen-bond acceptors (Lipinski definition) is 8. The van der Waals surface area contributed by atoms with Gasteiger partial charge < -0.3 is 25.6 Å². The number of fused-ring (bicyclic) bond motifs is 1. The van der Waals surface area contributed by atoms with E-state index in [1.165, 1.54) is 30.0 Å². The Balaban J connectivity index is 1.26. The lowest BCUT2D eigenvalue weighted by Crippen LogP contribution is -2.34. The van der Waals surface area contributed by atoms with Crippen LogP contribution in [0.4, 0.5) is 10.7 Å². The minimum atomic E-state index is -0.753. The molecule has 1 aromatic heterocycles. The third-order valence-electron chi connectivity index (χ3n) is 8.92. The fourth-order valence-electron chi connectivity index (χ4n) is 6.09. The number of anilines is 2. The lowest BCUT2D eigenvalue weighted by atomic mass is 10.0. The summed E-state index contributed by atoms with van der Waals surface area (Å²) in [6.45, 7) is 6.16. The molecule has 2 heterocycles. The Bertz CT molecular complexity index is 2250. The van der Waals surface area contributed by atoms with Crippen LogP contribution in [-0.2, 0) is 32.1 Å². The summed E-state index contributed by atoms with van der Waals surface area (Å²) in [5, 5.41) is 8.36. The molecule has 0 saturated heterocycles. The van der Waals surface area contributed by atoms with Crippen LogP contribution in [0, 0.1) is 6.92 Å². The Morgan fingerprint density at radius 2 is 1.60 bits per heavy atom. The highest BCUT2D eigenvalue weighted by atomic mass is 32.2. The van der Waals surface area contributed by atoms with Crippen LogP contribution in [0.5, 0.6) is 0 Å². The molecule has 55 heavy (non-hydrogen) atoms. The third kappa shape index (κ3) is 9.58. The maximum Gasteiger partial charge on any atom is 0.341 e. The number of amides is 4. The first-order valence-electron chi connectivity index (χ1n) is 17.8. The molecule has 4 aromatic carbocycles. The van der Waals surface area contributed by atoms with Gasteiger partial charge in [-0.05, 0) is 78.9 Å². The van der Waals surface area contributed by atoms with Gasteiger partial charge in [0.05, 0.1) is 18.7 Å². The second kappa shape index (κ2) is 17.9. The van der Waals surface area contributed by atoms with Crippen molar-refractivity contribution in [2.24, 2.45) is 0 Å². The number of hydrogen-bond donors (Lipinski definition) is 3. The molecular weight excluding hydrogens is 733 g/mol. The van der Waals surface area contributed by atoms with Crippen molar-refractivity contribution in [2.75, 3.05) is 23.8 Å². The summed E-state index contributed by atoms with van der Waals surface area (Å²) in [5.74, 6) is -1.88. The highest BCUT2D eigenvalue weighted by molar-refractivity contribution is 8.00. The monoisotopic (exact) mass is 772 g/mol. The van der Waals surface area contributed by atoms with Crippen LogP contribution in [0.25, 0.3) is 6.08 Å². The topological polar surface area (TPSA) is 134 Å². The molecule has 1 aliphatic rings. The number of nitrogens with zero attached hydrogens (tertiary/aromatic N) is 1. The lowest BCUT2D eigenvalue weighted by molar-refractivity contribution is -0.129. The van der Waals surface area contributed by atoms with Crippen molar-refractivity contribution in [3.63, 3.8) is 0 Å². The van der Waals surface area contributed by atoms with Gasteiger partial charge in [-0.3, -0.25) is 19.2 Å². The average Bonchev–Trinajstić information content (AvgIpc) is 3.55. The van der Waals surface area contributed by atoms with E-state index in [-0.39, 0.29) is 24.1 Å². The predicted molar refractivity (Wildman–Crippen MR) is 217 cm³/mol. The number of nitrogens with one attached hydrogen (secondary N) is 3. The van der Waals surface area contributed by atoms with Crippen molar-refractivity contribution in [2.45, 2.75) is 43.9 Å². The molecule has 12 heteroatoms. The van der Waals surface area contributed by atoms with Crippen LogP contribution in [0.2, 0.25) is 0 Å². The molecule has 0 bridgehead atoms. The van der Waals surface area contributed by atoms with Gasteiger partial charge in [0.15, 0.2) is 0 Å². The van der Waals surface area contributed by atoms with Gasteiger partial charge in [0, 0.05) is 34.5 Å². The van der Waals surface area contributed by atoms with E-state index in [9.17, 15) is 24.0 Å². The Morgan fingerprint density at radius 1 is 0.891 bits per heavy atom. The number of carbonyl (C=O) groups excluding carboxylic acids is 5. The molecule has 6 rings (SSSR count). The van der Waals surface area contributed by atoms with E-state index in [1.807, 2.05) is 73.7 Å². The van der Waals surface area contributed by atoms with Gasteiger partial charge in [-0.1, -0.05) is 78.9 Å². The van der Waals surface area contributed by atoms with Crippen molar-refractivity contribution in [1.29, 1.82) is 0 Å². The number of benzene rings is 4. The summed E-state index contributed by atoms with van der Waals surface area (Å²) < 4.78 is 5.40. The lowest BCUT2D eigenvalue weighted by Gasteiger charge is -2.25. The van der Waals surface area contributed by atoms with E-state index in [2.05, 4.69) is 16.0 Å². The number of esters is 1. The van der Waals surface area contributed by atoms with E-state index >= 15 is 0 Å². The Morgan fingerprint density at radius 3 is 2.31 bits per heavy atom. The quantitative estimate of drug-likeness (QED) is 0.0665. The zero-order chi connectivity index (χ0) is 38.9. The standard InChI is InChI=1S/C43H40N4O6S2/c1-4-53-43(52)37-34-22-23-47(28(3)48)26-36(34)55-42(37)46-41(51)38(29-15-7-5-8-16-29)54-33-21-13-20-32(25-33)44-40(50)35(24-31-19-12-11-14-27(31)2)45-39(49)30-17-9-6-10-18-30/h5-21,24-25,38H,4,22-23,26H2,1-3H3,(H,44,50)(H,45,49)(H,46,51)/b35-24-. The number of carbonyl (C=O) groups is 5. The molecule has 3 N–H and O–H groups in total. The molecule has 0 saturated carbocycles. The van der Waals surface area contributed by atoms with Gasteiger partial charge in [0.2, 0.25) is 11.8 Å². The fraction of sp³-hybridized carbons (Fsp3) is 0.186. The zero-order valence-corrected chi connectivity index (χ0v) is 32.2. The molecule has 0 aliphatic carbocycles. The molecule has 10 nitrogen and oxygen atoms in total. The van der Waals surface area contributed by atoms with Crippen LogP contribution in [-0.4, -0.2) is 47.6 Å². The van der Waals surface area contributed by atoms with Crippen molar-refractivity contribution >= 4 is 69.5 Å². The summed E-state index contributed by atoms with van der Waals surface area (Å²) in [4.78, 5) is 69.9. The van der Waals surface area contributed by atoms with E-state index in [0.717, 1.165) is 27.1 Å². The first-order chi connectivity index (χ1) is 26.6. The van der Waals surface area contributed by atoms with Crippen LogP contribution in [0.1, 0.15) is 66.9 Å². The van der Waals surface area contributed by atoms with Crippen LogP contribution >= 0.6 is 23.1 Å². The molecule has 1 aliphatic heterocycles. The summed E-state index contributed by atoms with van der Waals surface area (Å²) in [6.07, 6.45) is 2.12. The highest BCUT2D eigenvalue weighted by Gasteiger charge is 2.32. The minimum Gasteiger partial charge on any atom is -0.462 e. The first kappa shape index (κ1) is 38.7. The Kier molecular flexibility index (Phi) is 12.6. The van der Waals surface area contributed by atoms with E-state index in [4.69, 9.17) is 4.74 Å². The summed E-state index contributed by atoms with van der Waals surface area (Å²) in [6, 6.07) is 32.6. The molecular formula is C43H40N4O6S2. The summed E-state index contributed by atoms with van der Waals surface area (Å²) >= 11 is 2.56. The van der Waals surface area contributed by atoms with Crippen molar-refractivity contribution in [3.8, 4) is 0 Å². The van der Waals surface area contributed by atoms with Crippen LogP contribution in [0.3, 0.4) is 0 Å². The highest BCUT2D eigenvalue weighted by Crippen LogP contribution is 2.41. The summed E-state index contributed by atoms with van der Waals surface area (Å²) in [7, 11) is 0. The minimum absolute atomic E-state index is 0.0586. The van der Waals surface area contributed by atoms with E-state index in [0.29, 0.717) is 46.2 Å². The number of thioether (sulfide) groups is 1. The fourth-order valence-corrected chi connectivity index (χ4v) is 8.42. The van der Waals surface area contributed by atoms with Gasteiger partial charge in [0.1, 0.15) is 15.9 Å². The predicted octanol–water partition coefficient (Wildman–Crippen LogP) is 8.02. The third-order valence-corrected chi connectivity index (χ3v) is 11.3. The van der Waals surface area contributed by atoms with E-state index in [1.54, 1.807) is 60.4 Å². The summed E-state index contributed by atoms with van der Waals surface area (Å²) in [5.41, 5.74) is 4.48. The molecule has 280 valence electrons. The van der Waals surface area contributed by atoms with Crippen LogP contribution in [0.15, 0.2) is 120 Å². The maximum atomic E-state index is 14.2. The van der Waals surface area contributed by atoms with Crippen molar-refractivity contribution in [1.82, 2.24) is 10.2 Å². The number of thiophene rings is 1. The first-order valence-corrected chi connectivity index (χ1v) is 19.5. The van der Waals surface area contributed by atoms with Gasteiger partial charge in [-0.25, -0.2) is 4.79 Å².